The summed E-state index contributed by atoms with van der Waals surface area (Å²) in [5.74, 6) is -5.32. The van der Waals surface area contributed by atoms with Crippen LogP contribution >= 0.6 is 0 Å². The number of benzene rings is 1. The van der Waals surface area contributed by atoms with E-state index in [1.54, 1.807) is 51.1 Å². The molecule has 9 nitrogen and oxygen atoms in total. The molecule has 1 amide bonds. The van der Waals surface area contributed by atoms with E-state index in [-0.39, 0.29) is 19.4 Å². The van der Waals surface area contributed by atoms with Gasteiger partial charge in [-0.05, 0) is 39.2 Å². The van der Waals surface area contributed by atoms with E-state index in [1.165, 1.54) is 0 Å². The fourth-order valence-electron chi connectivity index (χ4n) is 2.21. The molecule has 0 aliphatic heterocycles. The molecule has 28 heavy (non-hydrogen) atoms. The van der Waals surface area contributed by atoms with Gasteiger partial charge in [0, 0.05) is 0 Å². The van der Waals surface area contributed by atoms with Crippen LogP contribution in [0.4, 0.5) is 4.79 Å². The fraction of sp³-hybridized carbons (Fsp3) is 0.474. The number of carbonyl (C=O) groups is 4. The average molecular weight is 395 g/mol. The molecule has 0 bridgehead atoms. The third-order valence-electron chi connectivity index (χ3n) is 3.54. The molecule has 0 aromatic heterocycles. The second kappa shape index (κ2) is 10.3. The Morgan fingerprint density at radius 2 is 1.61 bits per heavy atom. The van der Waals surface area contributed by atoms with E-state index < -0.39 is 41.6 Å². The van der Waals surface area contributed by atoms with Crippen LogP contribution in [0.2, 0.25) is 0 Å². The van der Waals surface area contributed by atoms with Crippen molar-refractivity contribution in [2.75, 3.05) is 0 Å². The molecule has 0 saturated heterocycles. The lowest BCUT2D eigenvalue weighted by Crippen LogP contribution is -2.44. The topological polar surface area (TPSA) is 139 Å². The van der Waals surface area contributed by atoms with Crippen LogP contribution in [0, 0.1) is 5.92 Å². The molecule has 154 valence electrons. The predicted molar refractivity (Wildman–Crippen MR) is 97.4 cm³/mol. The highest BCUT2D eigenvalue weighted by Crippen LogP contribution is 2.14. The van der Waals surface area contributed by atoms with Gasteiger partial charge >= 0.3 is 24.0 Å². The highest BCUT2D eigenvalue weighted by atomic mass is 16.6. The van der Waals surface area contributed by atoms with Crippen molar-refractivity contribution in [2.45, 2.75) is 51.9 Å². The number of ether oxygens (including phenoxy) is 2. The second-order valence-electron chi connectivity index (χ2n) is 7.10. The number of carboxylic acids is 2. The smallest absolute Gasteiger partial charge is 0.408 e. The van der Waals surface area contributed by atoms with Crippen molar-refractivity contribution in [2.24, 2.45) is 5.92 Å². The highest BCUT2D eigenvalue weighted by Gasteiger charge is 2.31. The molecule has 1 aromatic rings. The van der Waals surface area contributed by atoms with Crippen LogP contribution in [0.1, 0.15) is 39.2 Å². The van der Waals surface area contributed by atoms with Gasteiger partial charge in [-0.3, -0.25) is 9.59 Å². The first-order chi connectivity index (χ1) is 13.0. The summed E-state index contributed by atoms with van der Waals surface area (Å²) in [4.78, 5) is 46.5. The van der Waals surface area contributed by atoms with Gasteiger partial charge in [0.25, 0.3) is 0 Å². The molecule has 1 unspecified atom stereocenters. The van der Waals surface area contributed by atoms with Gasteiger partial charge in [-0.2, -0.15) is 0 Å². The number of esters is 1. The maximum absolute atomic E-state index is 12.1. The molecule has 0 fully saturated rings. The summed E-state index contributed by atoms with van der Waals surface area (Å²) in [6.45, 7) is 4.75. The van der Waals surface area contributed by atoms with E-state index in [1.807, 2.05) is 0 Å². The Labute approximate surface area is 162 Å². The van der Waals surface area contributed by atoms with Gasteiger partial charge in [0.2, 0.25) is 0 Å². The first-order valence-electron chi connectivity index (χ1n) is 8.65. The van der Waals surface area contributed by atoms with Crippen LogP contribution in [-0.4, -0.2) is 45.9 Å². The van der Waals surface area contributed by atoms with Crippen molar-refractivity contribution in [3.63, 3.8) is 0 Å². The monoisotopic (exact) mass is 395 g/mol. The van der Waals surface area contributed by atoms with Crippen molar-refractivity contribution < 1.29 is 38.9 Å². The number of carboxylic acid groups (broad SMARTS) is 2. The van der Waals surface area contributed by atoms with Crippen molar-refractivity contribution in [3.05, 3.63) is 35.9 Å². The van der Waals surface area contributed by atoms with Crippen molar-refractivity contribution in [1.29, 1.82) is 0 Å². The molecule has 3 N–H and O–H groups in total. The first-order valence-corrected chi connectivity index (χ1v) is 8.65. The van der Waals surface area contributed by atoms with Crippen molar-refractivity contribution in [3.8, 4) is 0 Å². The third kappa shape index (κ3) is 8.52. The number of hydrogen-bond donors (Lipinski definition) is 3. The molecule has 2 atom stereocenters. The molecular formula is C19H25NO8. The minimum Gasteiger partial charge on any atom is -0.481 e. The number of nitrogens with one attached hydrogen (secondary N) is 1. The number of alkyl carbamates (subject to hydrolysis) is 1. The van der Waals surface area contributed by atoms with E-state index in [2.05, 4.69) is 5.32 Å². The number of aliphatic carboxylic acids is 2. The van der Waals surface area contributed by atoms with E-state index in [4.69, 9.17) is 9.47 Å². The molecule has 0 aliphatic rings. The van der Waals surface area contributed by atoms with Crippen LogP contribution in [0.5, 0.6) is 0 Å². The van der Waals surface area contributed by atoms with E-state index >= 15 is 0 Å². The third-order valence-corrected chi connectivity index (χ3v) is 3.54. The Morgan fingerprint density at radius 3 is 2.11 bits per heavy atom. The molecule has 1 rings (SSSR count). The Balaban J connectivity index is 2.65. The summed E-state index contributed by atoms with van der Waals surface area (Å²) in [6.07, 6.45) is -1.56. The SMILES string of the molecule is CC(C)(C)OC(=O)NC(CC[C@@H](C(=O)O)C(=O)OCc1ccccc1)C(=O)O. The predicted octanol–water partition coefficient (Wildman–Crippen LogP) is 2.19. The molecule has 9 heteroatoms. The van der Waals surface area contributed by atoms with Gasteiger partial charge in [-0.1, -0.05) is 30.3 Å². The summed E-state index contributed by atoms with van der Waals surface area (Å²) >= 11 is 0. The van der Waals surface area contributed by atoms with Gasteiger partial charge in [-0.15, -0.1) is 0 Å². The van der Waals surface area contributed by atoms with Crippen LogP contribution in [-0.2, 0) is 30.5 Å². The maximum Gasteiger partial charge on any atom is 0.408 e. The normalized spacial score (nSPS) is 13.1. The molecule has 0 spiro atoms. The molecule has 0 heterocycles. The van der Waals surface area contributed by atoms with Gasteiger partial charge in [0.1, 0.15) is 18.2 Å². The van der Waals surface area contributed by atoms with Crippen molar-refractivity contribution >= 4 is 24.0 Å². The largest absolute Gasteiger partial charge is 0.481 e. The fourth-order valence-corrected chi connectivity index (χ4v) is 2.21. The molecule has 0 radical (unpaired) electrons. The number of hydrogen-bond acceptors (Lipinski definition) is 6. The zero-order valence-corrected chi connectivity index (χ0v) is 16.0. The Kier molecular flexibility index (Phi) is 8.43. The van der Waals surface area contributed by atoms with Gasteiger partial charge in [-0.25, -0.2) is 9.59 Å². The minimum absolute atomic E-state index is 0.0953. The Bertz CT molecular complexity index is 696. The van der Waals surface area contributed by atoms with Crippen LogP contribution < -0.4 is 5.32 Å². The lowest BCUT2D eigenvalue weighted by atomic mass is 10.00. The van der Waals surface area contributed by atoms with Crippen LogP contribution in [0.25, 0.3) is 0 Å². The lowest BCUT2D eigenvalue weighted by Gasteiger charge is -2.22. The van der Waals surface area contributed by atoms with E-state index in [0.29, 0.717) is 5.56 Å². The summed E-state index contributed by atoms with van der Waals surface area (Å²) in [7, 11) is 0. The summed E-state index contributed by atoms with van der Waals surface area (Å²) in [5.41, 5.74) is -0.132. The molecule has 0 saturated carbocycles. The van der Waals surface area contributed by atoms with Gasteiger partial charge in [0.05, 0.1) is 0 Å². The van der Waals surface area contributed by atoms with Crippen LogP contribution in [0.3, 0.4) is 0 Å². The lowest BCUT2D eigenvalue weighted by molar-refractivity contribution is -0.160. The molecule has 0 aliphatic carbocycles. The number of carbonyl (C=O) groups excluding carboxylic acids is 2. The second-order valence-corrected chi connectivity index (χ2v) is 7.10. The highest BCUT2D eigenvalue weighted by molar-refractivity contribution is 5.94. The summed E-state index contributed by atoms with van der Waals surface area (Å²) in [5, 5.41) is 20.7. The van der Waals surface area contributed by atoms with E-state index in [0.717, 1.165) is 0 Å². The zero-order valence-electron chi connectivity index (χ0n) is 16.0. The standard InChI is InChI=1S/C19H25NO8/c1-19(2,3)28-18(26)20-14(16(23)24)10-9-13(15(21)22)17(25)27-11-12-7-5-4-6-8-12/h4-8,13-14H,9-11H2,1-3H3,(H,20,26)(H,21,22)(H,23,24)/t13-,14?/m0/s1. The number of amides is 1. The van der Waals surface area contributed by atoms with Gasteiger partial charge < -0.3 is 25.0 Å². The maximum atomic E-state index is 12.1. The summed E-state index contributed by atoms with van der Waals surface area (Å²) < 4.78 is 10.00. The number of rotatable bonds is 9. The Hall–Kier alpha value is -3.10. The van der Waals surface area contributed by atoms with Crippen molar-refractivity contribution in [1.82, 2.24) is 5.32 Å². The quantitative estimate of drug-likeness (QED) is 0.427. The summed E-state index contributed by atoms with van der Waals surface area (Å²) in [6, 6.07) is 7.31. The Morgan fingerprint density at radius 1 is 1.00 bits per heavy atom. The minimum atomic E-state index is -1.55. The van der Waals surface area contributed by atoms with E-state index in [9.17, 15) is 29.4 Å². The first kappa shape index (κ1) is 22.9. The molecular weight excluding hydrogens is 370 g/mol. The van der Waals surface area contributed by atoms with Gasteiger partial charge in [0.15, 0.2) is 5.92 Å². The average Bonchev–Trinajstić information content (AvgIpc) is 2.58. The zero-order chi connectivity index (χ0) is 21.3. The molecule has 1 aromatic carbocycles. The van der Waals surface area contributed by atoms with Crippen LogP contribution in [0.15, 0.2) is 30.3 Å².